The van der Waals surface area contributed by atoms with Gasteiger partial charge in [-0.05, 0) is 74.8 Å². The van der Waals surface area contributed by atoms with Crippen molar-refractivity contribution in [3.8, 4) is 0 Å². The summed E-state index contributed by atoms with van der Waals surface area (Å²) in [6, 6.07) is 16.3. The number of nitrogens with one attached hydrogen (secondary N) is 2. The maximum absolute atomic E-state index is 14.6. The average molecular weight is 499 g/mol. The summed E-state index contributed by atoms with van der Waals surface area (Å²) in [5, 5.41) is 3.71. The minimum atomic E-state index is -0.0450. The van der Waals surface area contributed by atoms with Crippen molar-refractivity contribution < 1.29 is 9.78 Å². The van der Waals surface area contributed by atoms with Crippen LogP contribution in [0.25, 0.3) is 0 Å². The molecule has 0 radical (unpaired) electrons. The molecule has 0 bridgehead atoms. The Balaban J connectivity index is 1.18. The van der Waals surface area contributed by atoms with Gasteiger partial charge in [-0.2, -0.15) is 0 Å². The molecule has 3 heterocycles. The van der Waals surface area contributed by atoms with E-state index in [1.54, 1.807) is 0 Å². The Morgan fingerprint density at radius 3 is 2.57 bits per heavy atom. The fourth-order valence-corrected chi connectivity index (χ4v) is 8.66. The number of benzene rings is 1. The van der Waals surface area contributed by atoms with Crippen LogP contribution in [-0.2, 0) is 16.6 Å². The summed E-state index contributed by atoms with van der Waals surface area (Å²) >= 11 is 0. The highest BCUT2D eigenvalue weighted by molar-refractivity contribution is 5.82. The van der Waals surface area contributed by atoms with E-state index < -0.39 is 0 Å². The van der Waals surface area contributed by atoms with Crippen molar-refractivity contribution in [3.05, 3.63) is 65.0 Å². The number of likely N-dealkylation sites (tertiary alicyclic amines) is 1. The molecule has 4 fully saturated rings. The van der Waals surface area contributed by atoms with Gasteiger partial charge in [-0.25, -0.2) is 4.98 Å². The molecule has 2 aromatic rings. The number of aryl methyl sites for hydroxylation is 1. The SMILES string of the molecule is O=C([C@@H]1CNC[C@]12CCCc1[nH+]c(C3CC3)ccc12)N1CCC(c2ccccc2)CC1C1CCCCC1. The molecule has 2 unspecified atom stereocenters. The average Bonchev–Trinajstić information content (AvgIpc) is 3.74. The molecular formula is C33H44N3O+. The lowest BCUT2D eigenvalue weighted by atomic mass is 9.64. The fourth-order valence-electron chi connectivity index (χ4n) is 8.66. The summed E-state index contributed by atoms with van der Waals surface area (Å²) in [4.78, 5) is 20.9. The first kappa shape index (κ1) is 23.9. The Morgan fingerprint density at radius 1 is 0.919 bits per heavy atom. The second kappa shape index (κ2) is 9.84. The molecule has 4 atom stereocenters. The first-order chi connectivity index (χ1) is 18.2. The molecule has 3 aliphatic carbocycles. The monoisotopic (exact) mass is 498 g/mol. The zero-order chi connectivity index (χ0) is 24.8. The molecule has 5 aliphatic rings. The topological polar surface area (TPSA) is 46.5 Å². The van der Waals surface area contributed by atoms with E-state index in [0.29, 0.717) is 23.8 Å². The van der Waals surface area contributed by atoms with Crippen LogP contribution >= 0.6 is 0 Å². The number of carbonyl (C=O) groups excluding carboxylic acids is 1. The Bertz CT molecular complexity index is 1120. The van der Waals surface area contributed by atoms with Crippen LogP contribution in [0, 0.1) is 11.8 Å². The van der Waals surface area contributed by atoms with Crippen LogP contribution in [-0.4, -0.2) is 36.5 Å². The van der Waals surface area contributed by atoms with Crippen molar-refractivity contribution in [3.63, 3.8) is 0 Å². The lowest BCUT2D eigenvalue weighted by molar-refractivity contribution is -0.404. The number of aromatic amines is 1. The van der Waals surface area contributed by atoms with Crippen LogP contribution in [0.1, 0.15) is 105 Å². The number of fused-ring (bicyclic) bond motifs is 2. The van der Waals surface area contributed by atoms with Crippen LogP contribution in [0.3, 0.4) is 0 Å². The quantitative estimate of drug-likeness (QED) is 0.603. The van der Waals surface area contributed by atoms with E-state index in [-0.39, 0.29) is 11.3 Å². The second-order valence-electron chi connectivity index (χ2n) is 12.9. The molecule has 196 valence electrons. The van der Waals surface area contributed by atoms with E-state index in [1.165, 1.54) is 73.9 Å². The Morgan fingerprint density at radius 2 is 1.76 bits per heavy atom. The molecule has 1 aromatic heterocycles. The number of carbonyl (C=O) groups is 1. The third-order valence-corrected chi connectivity index (χ3v) is 10.8. The Labute approximate surface area is 222 Å². The van der Waals surface area contributed by atoms with Gasteiger partial charge < -0.3 is 10.2 Å². The van der Waals surface area contributed by atoms with Crippen molar-refractivity contribution in [1.82, 2.24) is 10.2 Å². The van der Waals surface area contributed by atoms with Gasteiger partial charge in [0.05, 0.1) is 5.92 Å². The number of aromatic nitrogens is 1. The zero-order valence-corrected chi connectivity index (χ0v) is 22.4. The fraction of sp³-hybridized carbons (Fsp3) is 0.636. The van der Waals surface area contributed by atoms with E-state index in [0.717, 1.165) is 51.2 Å². The molecule has 4 nitrogen and oxygen atoms in total. The highest BCUT2D eigenvalue weighted by Gasteiger charge is 2.54. The van der Waals surface area contributed by atoms with Crippen molar-refractivity contribution in [2.45, 2.75) is 100 Å². The lowest BCUT2D eigenvalue weighted by Crippen LogP contribution is -2.55. The summed E-state index contributed by atoms with van der Waals surface area (Å²) in [6.07, 6.45) is 15.0. The largest absolute Gasteiger partial charge is 0.339 e. The molecule has 2 saturated carbocycles. The second-order valence-corrected chi connectivity index (χ2v) is 12.9. The third-order valence-electron chi connectivity index (χ3n) is 10.8. The van der Waals surface area contributed by atoms with Crippen LogP contribution in [0.5, 0.6) is 0 Å². The van der Waals surface area contributed by atoms with Gasteiger partial charge in [0.2, 0.25) is 5.91 Å². The summed E-state index contributed by atoms with van der Waals surface area (Å²) in [5.41, 5.74) is 5.71. The van der Waals surface area contributed by atoms with Gasteiger partial charge in [0.15, 0.2) is 11.4 Å². The predicted molar refractivity (Wildman–Crippen MR) is 146 cm³/mol. The number of piperidine rings is 1. The highest BCUT2D eigenvalue weighted by Crippen LogP contribution is 2.48. The van der Waals surface area contributed by atoms with Crippen molar-refractivity contribution in [2.24, 2.45) is 11.8 Å². The highest BCUT2D eigenvalue weighted by atomic mass is 16.2. The summed E-state index contributed by atoms with van der Waals surface area (Å²) in [5.74, 6) is 2.50. The minimum absolute atomic E-state index is 0.0450. The third kappa shape index (κ3) is 4.33. The van der Waals surface area contributed by atoms with Crippen molar-refractivity contribution >= 4 is 5.91 Å². The van der Waals surface area contributed by atoms with Crippen LogP contribution in [0.15, 0.2) is 42.5 Å². The maximum atomic E-state index is 14.6. The summed E-state index contributed by atoms with van der Waals surface area (Å²) < 4.78 is 0. The lowest BCUT2D eigenvalue weighted by Gasteiger charge is -2.47. The van der Waals surface area contributed by atoms with Gasteiger partial charge in [0, 0.05) is 55.1 Å². The van der Waals surface area contributed by atoms with Gasteiger partial charge in [0.1, 0.15) is 0 Å². The predicted octanol–water partition coefficient (Wildman–Crippen LogP) is 5.53. The summed E-state index contributed by atoms with van der Waals surface area (Å²) in [7, 11) is 0. The molecule has 1 spiro atoms. The molecular weight excluding hydrogens is 454 g/mol. The molecule has 2 aliphatic heterocycles. The van der Waals surface area contributed by atoms with E-state index in [4.69, 9.17) is 0 Å². The first-order valence-corrected chi connectivity index (χ1v) is 15.3. The number of H-pyrrole nitrogens is 1. The normalized spacial score (nSPS) is 32.4. The first-order valence-electron chi connectivity index (χ1n) is 15.3. The Kier molecular flexibility index (Phi) is 6.35. The molecule has 2 saturated heterocycles. The van der Waals surface area contributed by atoms with Gasteiger partial charge >= 0.3 is 0 Å². The van der Waals surface area contributed by atoms with E-state index in [2.05, 4.69) is 57.7 Å². The van der Waals surface area contributed by atoms with Gasteiger partial charge in [-0.3, -0.25) is 4.79 Å². The number of hydrogen-bond acceptors (Lipinski definition) is 2. The molecule has 37 heavy (non-hydrogen) atoms. The molecule has 2 N–H and O–H groups in total. The van der Waals surface area contributed by atoms with Crippen LogP contribution in [0.4, 0.5) is 0 Å². The van der Waals surface area contributed by atoms with Gasteiger partial charge in [-0.15, -0.1) is 0 Å². The van der Waals surface area contributed by atoms with Crippen molar-refractivity contribution in [2.75, 3.05) is 19.6 Å². The van der Waals surface area contributed by atoms with E-state index in [1.807, 2.05) is 0 Å². The number of nitrogens with zero attached hydrogens (tertiary/aromatic N) is 1. The smallest absolute Gasteiger partial charge is 0.228 e. The summed E-state index contributed by atoms with van der Waals surface area (Å²) in [6.45, 7) is 2.70. The molecule has 4 heteroatoms. The van der Waals surface area contributed by atoms with E-state index >= 15 is 0 Å². The minimum Gasteiger partial charge on any atom is -0.339 e. The van der Waals surface area contributed by atoms with Crippen LogP contribution in [0.2, 0.25) is 0 Å². The van der Waals surface area contributed by atoms with Gasteiger partial charge in [0.25, 0.3) is 0 Å². The van der Waals surface area contributed by atoms with Crippen molar-refractivity contribution in [1.29, 1.82) is 0 Å². The zero-order valence-electron chi connectivity index (χ0n) is 22.4. The number of hydrogen-bond donors (Lipinski definition) is 1. The number of rotatable bonds is 4. The molecule has 7 rings (SSSR count). The molecule has 1 aromatic carbocycles. The Hall–Kier alpha value is -2.20. The van der Waals surface area contributed by atoms with Crippen LogP contribution < -0.4 is 10.3 Å². The maximum Gasteiger partial charge on any atom is 0.228 e. The standard InChI is InChI=1S/C33H43N3O/c37-32(28-21-34-22-33(28)18-7-12-30-27(33)15-16-29(35-30)24-13-14-24)36-19-17-26(23-8-3-1-4-9-23)20-31(36)25-10-5-2-6-11-25/h1,3-4,8-9,15-16,24-26,28,31,34H,2,5-7,10-14,17-22H2/p+1/t26?,28-,31?,33-/m0/s1. The van der Waals surface area contributed by atoms with Gasteiger partial charge in [-0.1, -0.05) is 49.6 Å². The molecule has 1 amide bonds. The number of pyridine rings is 1. The van der Waals surface area contributed by atoms with E-state index in [9.17, 15) is 4.79 Å². The number of amides is 1.